The Morgan fingerprint density at radius 3 is 2.77 bits per heavy atom. The summed E-state index contributed by atoms with van der Waals surface area (Å²) in [6, 6.07) is 8.24. The van der Waals surface area contributed by atoms with E-state index < -0.39 is 0 Å². The van der Waals surface area contributed by atoms with Gasteiger partial charge in [0.1, 0.15) is 0 Å². The fourth-order valence-electron chi connectivity index (χ4n) is 1.24. The minimum Gasteiger partial charge on any atom is -0.388 e. The van der Waals surface area contributed by atoms with Crippen molar-refractivity contribution in [3.63, 3.8) is 0 Å². The molecule has 0 aliphatic heterocycles. The fourth-order valence-corrected chi connectivity index (χ4v) is 1.24. The molecule has 0 spiro atoms. The second kappa shape index (κ2) is 5.56. The van der Waals surface area contributed by atoms with Crippen LogP contribution in [0.25, 0.3) is 0 Å². The highest BCUT2D eigenvalue weighted by Crippen LogP contribution is 2.13. The fraction of sp³-hybridized carbons (Fsp3) is 0.400. The second-order valence-electron chi connectivity index (χ2n) is 2.87. The Morgan fingerprint density at radius 2 is 2.08 bits per heavy atom. The summed E-state index contributed by atoms with van der Waals surface area (Å²) in [5.41, 5.74) is 7.83. The molecule has 1 aromatic carbocycles. The molecule has 3 nitrogen and oxygen atoms in total. The molecule has 0 bridgehead atoms. The Labute approximate surface area is 79.3 Å². The Kier molecular flexibility index (Phi) is 4.29. The summed E-state index contributed by atoms with van der Waals surface area (Å²) in [5, 5.41) is 6.41. The van der Waals surface area contributed by atoms with E-state index in [0.717, 1.165) is 13.1 Å². The lowest BCUT2D eigenvalue weighted by atomic mass is 10.2. The normalized spacial score (nSPS) is 10.0. The SMILES string of the molecule is CNc1ccccc1CNCCN. The van der Waals surface area contributed by atoms with Crippen LogP contribution in [0.2, 0.25) is 0 Å². The summed E-state index contributed by atoms with van der Waals surface area (Å²) in [7, 11) is 1.93. The van der Waals surface area contributed by atoms with Crippen LogP contribution in [0, 0.1) is 0 Å². The molecule has 0 aromatic heterocycles. The van der Waals surface area contributed by atoms with Gasteiger partial charge in [-0.05, 0) is 11.6 Å². The zero-order valence-corrected chi connectivity index (χ0v) is 8.01. The minimum absolute atomic E-state index is 0.682. The van der Waals surface area contributed by atoms with Gasteiger partial charge in [0, 0.05) is 32.4 Å². The maximum absolute atomic E-state index is 5.39. The van der Waals surface area contributed by atoms with Crippen LogP contribution in [0.1, 0.15) is 5.56 Å². The summed E-state index contributed by atoms with van der Waals surface area (Å²) in [6.07, 6.45) is 0. The Balaban J connectivity index is 2.54. The van der Waals surface area contributed by atoms with Crippen molar-refractivity contribution < 1.29 is 0 Å². The van der Waals surface area contributed by atoms with Gasteiger partial charge in [0.25, 0.3) is 0 Å². The molecule has 0 unspecified atom stereocenters. The molecule has 72 valence electrons. The van der Waals surface area contributed by atoms with E-state index in [1.807, 2.05) is 19.2 Å². The zero-order valence-electron chi connectivity index (χ0n) is 8.01. The van der Waals surface area contributed by atoms with Gasteiger partial charge in [-0.3, -0.25) is 0 Å². The third-order valence-corrected chi connectivity index (χ3v) is 1.92. The quantitative estimate of drug-likeness (QED) is 0.585. The molecule has 0 heterocycles. The number of para-hydroxylation sites is 1. The zero-order chi connectivity index (χ0) is 9.52. The highest BCUT2D eigenvalue weighted by atomic mass is 14.9. The molecule has 0 atom stereocenters. The standard InChI is InChI=1S/C10H17N3/c1-12-10-5-3-2-4-9(10)8-13-7-6-11/h2-5,12-13H,6-8,11H2,1H3. The molecule has 0 saturated carbocycles. The maximum atomic E-state index is 5.39. The summed E-state index contributed by atoms with van der Waals surface area (Å²) in [4.78, 5) is 0. The van der Waals surface area contributed by atoms with Crippen LogP contribution in [0.3, 0.4) is 0 Å². The first-order chi connectivity index (χ1) is 6.38. The van der Waals surface area contributed by atoms with Crippen LogP contribution >= 0.6 is 0 Å². The molecule has 1 rings (SSSR count). The molecular weight excluding hydrogens is 162 g/mol. The van der Waals surface area contributed by atoms with Crippen molar-refractivity contribution in [2.75, 3.05) is 25.5 Å². The van der Waals surface area contributed by atoms with Crippen molar-refractivity contribution in [3.05, 3.63) is 29.8 Å². The third kappa shape index (κ3) is 3.05. The van der Waals surface area contributed by atoms with Gasteiger partial charge in [0.15, 0.2) is 0 Å². The van der Waals surface area contributed by atoms with Gasteiger partial charge < -0.3 is 16.4 Å². The van der Waals surface area contributed by atoms with E-state index in [0.29, 0.717) is 6.54 Å². The highest BCUT2D eigenvalue weighted by Gasteiger charge is 1.97. The van der Waals surface area contributed by atoms with Crippen molar-refractivity contribution >= 4 is 5.69 Å². The van der Waals surface area contributed by atoms with Gasteiger partial charge in [-0.1, -0.05) is 18.2 Å². The van der Waals surface area contributed by atoms with Gasteiger partial charge in [-0.25, -0.2) is 0 Å². The first-order valence-electron chi connectivity index (χ1n) is 4.55. The van der Waals surface area contributed by atoms with Gasteiger partial charge in [0.2, 0.25) is 0 Å². The van der Waals surface area contributed by atoms with Gasteiger partial charge >= 0.3 is 0 Å². The minimum atomic E-state index is 0.682. The highest BCUT2D eigenvalue weighted by molar-refractivity contribution is 5.50. The first-order valence-corrected chi connectivity index (χ1v) is 4.55. The molecule has 0 aliphatic carbocycles. The lowest BCUT2D eigenvalue weighted by Crippen LogP contribution is -2.22. The van der Waals surface area contributed by atoms with E-state index in [-0.39, 0.29) is 0 Å². The van der Waals surface area contributed by atoms with E-state index in [1.165, 1.54) is 11.3 Å². The van der Waals surface area contributed by atoms with E-state index in [1.54, 1.807) is 0 Å². The predicted octanol–water partition coefficient (Wildman–Crippen LogP) is 0.777. The summed E-state index contributed by atoms with van der Waals surface area (Å²) in [6.45, 7) is 2.41. The number of benzene rings is 1. The van der Waals surface area contributed by atoms with Gasteiger partial charge in [-0.2, -0.15) is 0 Å². The molecule has 0 radical (unpaired) electrons. The van der Waals surface area contributed by atoms with E-state index in [4.69, 9.17) is 5.73 Å². The monoisotopic (exact) mass is 179 g/mol. The van der Waals surface area contributed by atoms with E-state index >= 15 is 0 Å². The van der Waals surface area contributed by atoms with Crippen molar-refractivity contribution in [1.82, 2.24) is 5.32 Å². The topological polar surface area (TPSA) is 50.1 Å². The summed E-state index contributed by atoms with van der Waals surface area (Å²) < 4.78 is 0. The van der Waals surface area contributed by atoms with Crippen LogP contribution < -0.4 is 16.4 Å². The van der Waals surface area contributed by atoms with Crippen molar-refractivity contribution in [2.45, 2.75) is 6.54 Å². The first kappa shape index (κ1) is 10.0. The van der Waals surface area contributed by atoms with Gasteiger partial charge in [0.05, 0.1) is 0 Å². The average Bonchev–Trinajstić information content (AvgIpc) is 2.19. The Hall–Kier alpha value is -1.06. The molecular formula is C10H17N3. The van der Waals surface area contributed by atoms with E-state index in [2.05, 4.69) is 22.8 Å². The molecule has 3 heteroatoms. The van der Waals surface area contributed by atoms with Crippen molar-refractivity contribution in [1.29, 1.82) is 0 Å². The van der Waals surface area contributed by atoms with Gasteiger partial charge in [-0.15, -0.1) is 0 Å². The van der Waals surface area contributed by atoms with Crippen LogP contribution in [0.15, 0.2) is 24.3 Å². The van der Waals surface area contributed by atoms with E-state index in [9.17, 15) is 0 Å². The van der Waals surface area contributed by atoms with Crippen LogP contribution in [-0.4, -0.2) is 20.1 Å². The number of rotatable bonds is 5. The summed E-state index contributed by atoms with van der Waals surface area (Å²) in [5.74, 6) is 0. The number of anilines is 1. The molecule has 1 aromatic rings. The lowest BCUT2D eigenvalue weighted by Gasteiger charge is -2.08. The predicted molar refractivity (Wildman–Crippen MR) is 56.7 cm³/mol. The molecule has 0 saturated heterocycles. The molecule has 13 heavy (non-hydrogen) atoms. The van der Waals surface area contributed by atoms with Crippen LogP contribution in [0.4, 0.5) is 5.69 Å². The number of nitrogens with two attached hydrogens (primary N) is 1. The Bertz CT molecular complexity index is 248. The third-order valence-electron chi connectivity index (χ3n) is 1.92. The van der Waals surface area contributed by atoms with Crippen molar-refractivity contribution in [3.8, 4) is 0 Å². The second-order valence-corrected chi connectivity index (χ2v) is 2.87. The largest absolute Gasteiger partial charge is 0.388 e. The number of hydrogen-bond donors (Lipinski definition) is 3. The molecule has 0 amide bonds. The van der Waals surface area contributed by atoms with Crippen molar-refractivity contribution in [2.24, 2.45) is 5.73 Å². The maximum Gasteiger partial charge on any atom is 0.0383 e. The Morgan fingerprint density at radius 1 is 1.31 bits per heavy atom. The molecule has 4 N–H and O–H groups in total. The van der Waals surface area contributed by atoms with Crippen LogP contribution in [-0.2, 0) is 6.54 Å². The smallest absolute Gasteiger partial charge is 0.0383 e. The lowest BCUT2D eigenvalue weighted by molar-refractivity contribution is 0.696. The molecule has 0 aliphatic rings. The number of hydrogen-bond acceptors (Lipinski definition) is 3. The average molecular weight is 179 g/mol. The molecule has 0 fully saturated rings. The number of nitrogens with one attached hydrogen (secondary N) is 2. The summed E-state index contributed by atoms with van der Waals surface area (Å²) >= 11 is 0. The van der Waals surface area contributed by atoms with Crippen LogP contribution in [0.5, 0.6) is 0 Å².